The third-order valence-corrected chi connectivity index (χ3v) is 3.16. The van der Waals surface area contributed by atoms with Gasteiger partial charge in [0.25, 0.3) is 0 Å². The van der Waals surface area contributed by atoms with Gasteiger partial charge in [0.1, 0.15) is 6.10 Å². The van der Waals surface area contributed by atoms with Gasteiger partial charge in [0.2, 0.25) is 0 Å². The highest BCUT2D eigenvalue weighted by Gasteiger charge is 2.36. The van der Waals surface area contributed by atoms with Crippen molar-refractivity contribution in [2.24, 2.45) is 0 Å². The molecule has 0 radical (unpaired) electrons. The monoisotopic (exact) mass is 240 g/mol. The first kappa shape index (κ1) is 11.0. The van der Waals surface area contributed by atoms with Crippen molar-refractivity contribution in [3.05, 3.63) is 71.3 Å². The van der Waals surface area contributed by atoms with E-state index in [2.05, 4.69) is 0 Å². The first-order valence-corrected chi connectivity index (χ1v) is 5.79. The molecular formula is C15H12O3. The Balaban J connectivity index is 2.08. The average molecular weight is 240 g/mol. The lowest BCUT2D eigenvalue weighted by molar-refractivity contribution is -0.151. The van der Waals surface area contributed by atoms with E-state index in [1.54, 1.807) is 0 Å². The van der Waals surface area contributed by atoms with Crippen LogP contribution in [0.2, 0.25) is 0 Å². The quantitative estimate of drug-likeness (QED) is 0.877. The van der Waals surface area contributed by atoms with Gasteiger partial charge < -0.3 is 9.84 Å². The van der Waals surface area contributed by atoms with Crippen molar-refractivity contribution < 1.29 is 14.6 Å². The Hall–Kier alpha value is -2.13. The number of hydrogen-bond acceptors (Lipinski definition) is 2. The topological polar surface area (TPSA) is 46.5 Å². The molecule has 1 heterocycles. The predicted molar refractivity (Wildman–Crippen MR) is 66.2 cm³/mol. The fourth-order valence-corrected chi connectivity index (χ4v) is 2.35. The Morgan fingerprint density at radius 2 is 1.56 bits per heavy atom. The largest absolute Gasteiger partial charge is 0.479 e. The fourth-order valence-electron chi connectivity index (χ4n) is 2.35. The highest BCUT2D eigenvalue weighted by atomic mass is 16.5. The summed E-state index contributed by atoms with van der Waals surface area (Å²) in [4.78, 5) is 11.2. The molecule has 1 aliphatic heterocycles. The number of ether oxygens (including phenoxy) is 1. The summed E-state index contributed by atoms with van der Waals surface area (Å²) in [5.41, 5.74) is 2.67. The van der Waals surface area contributed by atoms with Gasteiger partial charge in [0.05, 0.1) is 0 Å². The molecule has 2 aromatic rings. The molecule has 0 spiro atoms. The summed E-state index contributed by atoms with van der Waals surface area (Å²) in [6.45, 7) is 0. The number of rotatable bonds is 2. The van der Waals surface area contributed by atoms with E-state index < -0.39 is 12.1 Å². The van der Waals surface area contributed by atoms with E-state index in [9.17, 15) is 9.90 Å². The molecule has 0 aromatic heterocycles. The third kappa shape index (κ3) is 1.69. The van der Waals surface area contributed by atoms with E-state index in [1.807, 2.05) is 54.6 Å². The van der Waals surface area contributed by atoms with Crippen LogP contribution in [0.1, 0.15) is 28.9 Å². The Kier molecular flexibility index (Phi) is 2.61. The minimum atomic E-state index is -0.944. The Labute approximate surface area is 105 Å². The maximum absolute atomic E-state index is 11.2. The van der Waals surface area contributed by atoms with Crippen molar-refractivity contribution in [3.63, 3.8) is 0 Å². The summed E-state index contributed by atoms with van der Waals surface area (Å²) in [6, 6.07) is 17.2. The van der Waals surface area contributed by atoms with Gasteiger partial charge in [-0.25, -0.2) is 4.79 Å². The number of hydrogen-bond donors (Lipinski definition) is 1. The van der Waals surface area contributed by atoms with Crippen LogP contribution in [0.25, 0.3) is 0 Å². The zero-order chi connectivity index (χ0) is 12.5. The van der Waals surface area contributed by atoms with Gasteiger partial charge in [-0.1, -0.05) is 54.6 Å². The normalized spacial score (nSPS) is 21.6. The van der Waals surface area contributed by atoms with Crippen LogP contribution in [0.5, 0.6) is 0 Å². The minimum absolute atomic E-state index is 0.288. The van der Waals surface area contributed by atoms with Gasteiger partial charge >= 0.3 is 5.97 Å². The smallest absolute Gasteiger partial charge is 0.337 e. The van der Waals surface area contributed by atoms with Crippen LogP contribution < -0.4 is 0 Å². The highest BCUT2D eigenvalue weighted by Crippen LogP contribution is 2.42. The maximum atomic E-state index is 11.2. The van der Waals surface area contributed by atoms with Crippen molar-refractivity contribution in [2.45, 2.75) is 12.2 Å². The first-order valence-electron chi connectivity index (χ1n) is 5.79. The van der Waals surface area contributed by atoms with Gasteiger partial charge in [-0.15, -0.1) is 0 Å². The number of benzene rings is 2. The molecule has 90 valence electrons. The zero-order valence-electron chi connectivity index (χ0n) is 9.61. The highest BCUT2D eigenvalue weighted by molar-refractivity contribution is 5.76. The predicted octanol–water partition coefficient (Wildman–Crippen LogP) is 2.93. The average Bonchev–Trinajstić information content (AvgIpc) is 2.79. The molecule has 1 aliphatic rings. The lowest BCUT2D eigenvalue weighted by Crippen LogP contribution is -2.10. The van der Waals surface area contributed by atoms with Crippen LogP contribution >= 0.6 is 0 Å². The second kappa shape index (κ2) is 4.27. The Bertz CT molecular complexity index is 577. The van der Waals surface area contributed by atoms with Crippen LogP contribution in [-0.4, -0.2) is 11.1 Å². The first-order chi connectivity index (χ1) is 8.77. The van der Waals surface area contributed by atoms with E-state index in [-0.39, 0.29) is 6.10 Å². The Morgan fingerprint density at radius 3 is 2.22 bits per heavy atom. The molecule has 0 saturated carbocycles. The molecule has 0 aliphatic carbocycles. The molecule has 0 saturated heterocycles. The molecule has 0 fully saturated rings. The molecule has 2 unspecified atom stereocenters. The summed E-state index contributed by atoms with van der Waals surface area (Å²) in [7, 11) is 0. The van der Waals surface area contributed by atoms with Gasteiger partial charge in [-0.3, -0.25) is 0 Å². The fraction of sp³-hybridized carbons (Fsp3) is 0.133. The number of aliphatic carboxylic acids is 1. The number of carboxylic acids is 1. The van der Waals surface area contributed by atoms with Crippen molar-refractivity contribution in [2.75, 3.05) is 0 Å². The lowest BCUT2D eigenvalue weighted by atomic mass is 9.98. The van der Waals surface area contributed by atoms with E-state index in [0.717, 1.165) is 16.7 Å². The summed E-state index contributed by atoms with van der Waals surface area (Å²) in [5.74, 6) is -0.944. The van der Waals surface area contributed by atoms with E-state index in [1.165, 1.54) is 0 Å². The molecule has 2 aromatic carbocycles. The van der Waals surface area contributed by atoms with Gasteiger partial charge in [0, 0.05) is 0 Å². The van der Waals surface area contributed by atoms with Gasteiger partial charge in [0.15, 0.2) is 6.10 Å². The molecule has 18 heavy (non-hydrogen) atoms. The van der Waals surface area contributed by atoms with E-state index in [0.29, 0.717) is 0 Å². The zero-order valence-corrected chi connectivity index (χ0v) is 9.61. The maximum Gasteiger partial charge on any atom is 0.337 e. The molecule has 1 N–H and O–H groups in total. The van der Waals surface area contributed by atoms with Crippen molar-refractivity contribution in [1.82, 2.24) is 0 Å². The number of carboxylic acid groups (broad SMARTS) is 1. The third-order valence-electron chi connectivity index (χ3n) is 3.16. The molecule has 2 atom stereocenters. The standard InChI is InChI=1S/C15H12O3/c16-15(17)14-12-9-5-4-8-11(12)13(18-14)10-6-2-1-3-7-10/h1-9,13-14H,(H,16,17). The lowest BCUT2D eigenvalue weighted by Gasteiger charge is -2.12. The Morgan fingerprint density at radius 1 is 0.944 bits per heavy atom. The van der Waals surface area contributed by atoms with Crippen LogP contribution in [0.15, 0.2) is 54.6 Å². The van der Waals surface area contributed by atoms with Crippen molar-refractivity contribution >= 4 is 5.97 Å². The second-order valence-electron chi connectivity index (χ2n) is 4.27. The van der Waals surface area contributed by atoms with Crippen LogP contribution in [0.4, 0.5) is 0 Å². The molecule has 3 nitrogen and oxygen atoms in total. The van der Waals surface area contributed by atoms with Crippen LogP contribution in [0.3, 0.4) is 0 Å². The molecule has 0 amide bonds. The van der Waals surface area contributed by atoms with Gasteiger partial charge in [-0.05, 0) is 16.7 Å². The summed E-state index contributed by atoms with van der Waals surface area (Å²) < 4.78 is 5.68. The molecule has 0 bridgehead atoms. The van der Waals surface area contributed by atoms with E-state index >= 15 is 0 Å². The molecular weight excluding hydrogens is 228 g/mol. The van der Waals surface area contributed by atoms with Crippen LogP contribution in [-0.2, 0) is 9.53 Å². The minimum Gasteiger partial charge on any atom is -0.479 e. The molecule has 3 heteroatoms. The summed E-state index contributed by atoms with van der Waals surface area (Å²) in [6.07, 6.45) is -1.16. The SMILES string of the molecule is O=C(O)C1OC(c2ccccc2)c2ccccc21. The number of carbonyl (C=O) groups is 1. The van der Waals surface area contributed by atoms with Crippen molar-refractivity contribution in [3.8, 4) is 0 Å². The molecule has 3 rings (SSSR count). The van der Waals surface area contributed by atoms with E-state index in [4.69, 9.17) is 4.74 Å². The number of fused-ring (bicyclic) bond motifs is 1. The van der Waals surface area contributed by atoms with Crippen LogP contribution in [0, 0.1) is 0 Å². The summed E-state index contributed by atoms with van der Waals surface area (Å²) in [5, 5.41) is 9.20. The second-order valence-corrected chi connectivity index (χ2v) is 4.27. The van der Waals surface area contributed by atoms with Gasteiger partial charge in [-0.2, -0.15) is 0 Å². The van der Waals surface area contributed by atoms with Crippen molar-refractivity contribution in [1.29, 1.82) is 0 Å². The summed E-state index contributed by atoms with van der Waals surface area (Å²) >= 11 is 0.